The third kappa shape index (κ3) is 5.92. The Morgan fingerprint density at radius 1 is 1.33 bits per heavy atom. The van der Waals surface area contributed by atoms with Crippen molar-refractivity contribution in [3.63, 3.8) is 0 Å². The number of aliphatic hydroxyl groups is 1. The molecule has 1 aromatic rings. The van der Waals surface area contributed by atoms with E-state index in [0.717, 1.165) is 12.1 Å². The van der Waals surface area contributed by atoms with E-state index in [-0.39, 0.29) is 24.5 Å². The minimum absolute atomic E-state index is 0.225. The molecule has 0 unspecified atom stereocenters. The van der Waals surface area contributed by atoms with Crippen molar-refractivity contribution in [1.29, 1.82) is 0 Å². The summed E-state index contributed by atoms with van der Waals surface area (Å²) in [5.41, 5.74) is 2.07. The molecule has 1 aliphatic rings. The van der Waals surface area contributed by atoms with E-state index < -0.39 is 43.2 Å². The summed E-state index contributed by atoms with van der Waals surface area (Å²) in [6, 6.07) is 1.75. The average Bonchev–Trinajstić information content (AvgIpc) is 2.88. The van der Waals surface area contributed by atoms with Crippen molar-refractivity contribution in [3.05, 3.63) is 23.8 Å². The number of aliphatic hydroxyl groups excluding tert-OH is 1. The number of nitrogens with zero attached hydrogens (tertiary/aromatic N) is 2. The Bertz CT molecular complexity index is 621. The molecule has 1 atom stereocenters. The van der Waals surface area contributed by atoms with E-state index in [1.165, 1.54) is 4.90 Å². The first-order valence-electron chi connectivity index (χ1n) is 8.08. The number of nitrogens with one attached hydrogen (secondary N) is 2. The highest BCUT2D eigenvalue weighted by molar-refractivity contribution is 5.79. The van der Waals surface area contributed by atoms with Crippen LogP contribution in [0.15, 0.2) is 12.1 Å². The Balaban J connectivity index is 2.02. The summed E-state index contributed by atoms with van der Waals surface area (Å²) in [6.45, 7) is 0.0179. The molecule has 0 saturated carbocycles. The van der Waals surface area contributed by atoms with Crippen LogP contribution in [0.4, 0.5) is 28.9 Å². The molecule has 0 radical (unpaired) electrons. The van der Waals surface area contributed by atoms with Gasteiger partial charge in [-0.1, -0.05) is 0 Å². The lowest BCUT2D eigenvalue weighted by molar-refractivity contribution is -0.132. The monoisotopic (exact) mass is 396 g/mol. The minimum atomic E-state index is -3.24. The highest BCUT2D eigenvalue weighted by Gasteiger charge is 2.22. The number of carbonyl (C=O) groups is 1. The molecule has 1 aromatic carbocycles. The van der Waals surface area contributed by atoms with Crippen LogP contribution >= 0.6 is 0 Å². The molecule has 12 heteroatoms. The number of carbonyl (C=O) groups excluding carboxylic acids is 1. The lowest BCUT2D eigenvalue weighted by atomic mass is 10.2. The van der Waals surface area contributed by atoms with Crippen LogP contribution in [-0.2, 0) is 9.63 Å². The summed E-state index contributed by atoms with van der Waals surface area (Å²) in [5, 5.41) is 21.7. The predicted octanol–water partition coefficient (Wildman–Crippen LogP) is 0.244. The number of amides is 1. The van der Waals surface area contributed by atoms with E-state index in [1.54, 1.807) is 5.32 Å². The number of hydroxylamine groups is 2. The van der Waals surface area contributed by atoms with Crippen molar-refractivity contribution in [1.82, 2.24) is 10.8 Å². The molecule has 8 nitrogen and oxygen atoms in total. The van der Waals surface area contributed by atoms with Gasteiger partial charge in [-0.05, 0) is 0 Å². The van der Waals surface area contributed by atoms with Crippen LogP contribution in [-0.4, -0.2) is 68.1 Å². The quantitative estimate of drug-likeness (QED) is 0.387. The number of hydrogen-bond donors (Lipinski definition) is 4. The first-order valence-corrected chi connectivity index (χ1v) is 8.08. The highest BCUT2D eigenvalue weighted by atomic mass is 19.3. The first kappa shape index (κ1) is 21.2. The van der Waals surface area contributed by atoms with Crippen LogP contribution in [0.1, 0.15) is 0 Å². The van der Waals surface area contributed by atoms with Crippen LogP contribution in [0.5, 0.6) is 0 Å². The van der Waals surface area contributed by atoms with Gasteiger partial charge in [0, 0.05) is 38.3 Å². The van der Waals surface area contributed by atoms with Gasteiger partial charge in [0.25, 0.3) is 5.91 Å². The molecular formula is C15H20F4N4O4. The summed E-state index contributed by atoms with van der Waals surface area (Å²) in [6.07, 6.45) is -4.69. The van der Waals surface area contributed by atoms with Gasteiger partial charge in [0.05, 0.1) is 24.9 Å². The molecule has 1 fully saturated rings. The van der Waals surface area contributed by atoms with Crippen molar-refractivity contribution < 1.29 is 37.5 Å². The fourth-order valence-corrected chi connectivity index (χ4v) is 2.48. The van der Waals surface area contributed by atoms with Crippen LogP contribution in [0.3, 0.4) is 0 Å². The van der Waals surface area contributed by atoms with Crippen molar-refractivity contribution in [2.75, 3.05) is 49.3 Å². The van der Waals surface area contributed by atoms with Crippen molar-refractivity contribution in [3.8, 4) is 0 Å². The van der Waals surface area contributed by atoms with E-state index in [0.29, 0.717) is 18.2 Å². The Hall–Kier alpha value is -2.15. The maximum atomic E-state index is 14.4. The maximum absolute atomic E-state index is 14.4. The third-order valence-corrected chi connectivity index (χ3v) is 3.76. The van der Waals surface area contributed by atoms with Gasteiger partial charge in [-0.25, -0.2) is 14.3 Å². The van der Waals surface area contributed by atoms with E-state index in [1.807, 2.05) is 0 Å². The topological polar surface area (TPSA) is 97.3 Å². The molecule has 1 amide bonds. The smallest absolute Gasteiger partial charge is 0.315 e. The molecule has 1 aliphatic heterocycles. The van der Waals surface area contributed by atoms with Gasteiger partial charge < -0.3 is 15.3 Å². The van der Waals surface area contributed by atoms with Crippen molar-refractivity contribution in [2.24, 2.45) is 0 Å². The van der Waals surface area contributed by atoms with Gasteiger partial charge >= 0.3 is 6.43 Å². The minimum Gasteiger partial charge on any atom is -0.389 e. The zero-order valence-electron chi connectivity index (χ0n) is 14.2. The van der Waals surface area contributed by atoms with E-state index in [9.17, 15) is 32.7 Å². The predicted molar refractivity (Wildman–Crippen MR) is 86.7 cm³/mol. The second-order valence-electron chi connectivity index (χ2n) is 5.77. The van der Waals surface area contributed by atoms with Crippen LogP contribution in [0.2, 0.25) is 0 Å². The summed E-state index contributed by atoms with van der Waals surface area (Å²) in [5.74, 6) is -3.42. The first-order chi connectivity index (χ1) is 12.8. The normalized spacial score (nSPS) is 16.2. The molecule has 0 aromatic heterocycles. The molecule has 0 aliphatic carbocycles. The third-order valence-electron chi connectivity index (χ3n) is 3.76. The molecule has 27 heavy (non-hydrogen) atoms. The maximum Gasteiger partial charge on any atom is 0.315 e. The molecule has 1 heterocycles. The molecule has 152 valence electrons. The number of anilines is 2. The SMILES string of the molecule is O=C(NC[C@H](O)CN(O)c1cc(F)c(N2CCNOCC2)c(F)c1)C(F)F. The van der Waals surface area contributed by atoms with Gasteiger partial charge in [0.2, 0.25) is 0 Å². The van der Waals surface area contributed by atoms with Gasteiger partial charge in [0.15, 0.2) is 11.6 Å². The van der Waals surface area contributed by atoms with Crippen molar-refractivity contribution in [2.45, 2.75) is 12.5 Å². The lowest BCUT2D eigenvalue weighted by Crippen LogP contribution is -2.41. The Morgan fingerprint density at radius 2 is 2.00 bits per heavy atom. The fraction of sp³-hybridized carbons (Fsp3) is 0.533. The summed E-state index contributed by atoms with van der Waals surface area (Å²) in [7, 11) is 0. The zero-order valence-corrected chi connectivity index (χ0v) is 14.2. The second-order valence-corrected chi connectivity index (χ2v) is 5.77. The Kier molecular flexibility index (Phi) is 7.59. The molecular weight excluding hydrogens is 376 g/mol. The van der Waals surface area contributed by atoms with Gasteiger partial charge in [0.1, 0.15) is 5.69 Å². The number of halogens is 4. The van der Waals surface area contributed by atoms with Crippen LogP contribution < -0.4 is 20.8 Å². The standard InChI is InChI=1S/C15H20F4N4O4/c16-11-5-9(23(26)8-10(24)7-20-15(25)14(18)19)6-12(17)13(11)22-2-1-21-27-4-3-22/h5-6,10,14,21,24,26H,1-4,7-8H2,(H,20,25)/t10-/m0/s1. The Labute approximate surface area is 152 Å². The average molecular weight is 396 g/mol. The number of alkyl halides is 2. The summed E-state index contributed by atoms with van der Waals surface area (Å²) < 4.78 is 52.9. The van der Waals surface area contributed by atoms with E-state index in [2.05, 4.69) is 5.48 Å². The molecule has 0 spiro atoms. The van der Waals surface area contributed by atoms with Gasteiger partial charge in [-0.15, -0.1) is 0 Å². The largest absolute Gasteiger partial charge is 0.389 e. The van der Waals surface area contributed by atoms with E-state index in [4.69, 9.17) is 4.84 Å². The number of benzene rings is 1. The molecule has 4 N–H and O–H groups in total. The van der Waals surface area contributed by atoms with Crippen LogP contribution in [0, 0.1) is 11.6 Å². The van der Waals surface area contributed by atoms with E-state index >= 15 is 0 Å². The van der Waals surface area contributed by atoms with Gasteiger partial charge in [-0.2, -0.15) is 8.78 Å². The lowest BCUT2D eigenvalue weighted by Gasteiger charge is -2.25. The number of hydrogen-bond acceptors (Lipinski definition) is 7. The van der Waals surface area contributed by atoms with Gasteiger partial charge in [-0.3, -0.25) is 19.9 Å². The van der Waals surface area contributed by atoms with Crippen molar-refractivity contribution >= 4 is 17.3 Å². The molecule has 1 saturated heterocycles. The summed E-state index contributed by atoms with van der Waals surface area (Å²) >= 11 is 0. The summed E-state index contributed by atoms with van der Waals surface area (Å²) in [4.78, 5) is 17.2. The fourth-order valence-electron chi connectivity index (χ4n) is 2.48. The highest BCUT2D eigenvalue weighted by Crippen LogP contribution is 2.28. The molecule has 0 bridgehead atoms. The second kappa shape index (κ2) is 9.69. The Morgan fingerprint density at radius 3 is 2.63 bits per heavy atom. The van der Waals surface area contributed by atoms with Crippen LogP contribution in [0.25, 0.3) is 0 Å². The zero-order chi connectivity index (χ0) is 20.0. The number of rotatable bonds is 7. The molecule has 2 rings (SSSR count).